The van der Waals surface area contributed by atoms with Crippen molar-refractivity contribution in [2.24, 2.45) is 0 Å². The van der Waals surface area contributed by atoms with E-state index in [0.717, 1.165) is 24.1 Å². The van der Waals surface area contributed by atoms with Gasteiger partial charge in [0, 0.05) is 31.2 Å². The van der Waals surface area contributed by atoms with E-state index in [2.05, 4.69) is 29.4 Å². The number of carbonyl (C=O) groups excluding carboxylic acids is 2. The van der Waals surface area contributed by atoms with Crippen LogP contribution in [0, 0.1) is 0 Å². The van der Waals surface area contributed by atoms with Crippen molar-refractivity contribution in [1.29, 1.82) is 0 Å². The Balaban J connectivity index is 1.92. The van der Waals surface area contributed by atoms with Crippen LogP contribution in [0.25, 0.3) is 0 Å². The Bertz CT molecular complexity index is 563. The summed E-state index contributed by atoms with van der Waals surface area (Å²) in [5.41, 5.74) is 1.72. The molecular formula is C18H27N3O2. The van der Waals surface area contributed by atoms with E-state index in [1.54, 1.807) is 0 Å². The van der Waals surface area contributed by atoms with Crippen molar-refractivity contribution in [3.8, 4) is 0 Å². The van der Waals surface area contributed by atoms with Crippen LogP contribution in [0.1, 0.15) is 46.1 Å². The minimum absolute atomic E-state index is 0.0514. The highest BCUT2D eigenvalue weighted by molar-refractivity contribution is 5.88. The fraction of sp³-hybridized carbons (Fsp3) is 0.556. The van der Waals surface area contributed by atoms with Crippen LogP contribution in [0.3, 0.4) is 0 Å². The molecule has 1 fully saturated rings. The quantitative estimate of drug-likeness (QED) is 0.877. The lowest BCUT2D eigenvalue weighted by Gasteiger charge is -2.31. The van der Waals surface area contributed by atoms with Crippen molar-refractivity contribution in [2.75, 3.05) is 5.32 Å². The SMILES string of the molecule is CC(=O)Nc1cccc(CNC(=O)[C@@H](C)N2[C@H](C)CC[C@@H]2C)c1. The molecule has 1 aliphatic heterocycles. The van der Waals surface area contributed by atoms with Gasteiger partial charge in [0.15, 0.2) is 0 Å². The zero-order valence-corrected chi connectivity index (χ0v) is 14.4. The maximum Gasteiger partial charge on any atom is 0.237 e. The van der Waals surface area contributed by atoms with E-state index in [9.17, 15) is 9.59 Å². The zero-order valence-electron chi connectivity index (χ0n) is 14.4. The lowest BCUT2D eigenvalue weighted by atomic mass is 10.1. The summed E-state index contributed by atoms with van der Waals surface area (Å²) in [5.74, 6) is -0.0488. The second-order valence-corrected chi connectivity index (χ2v) is 6.50. The van der Waals surface area contributed by atoms with Crippen molar-refractivity contribution in [1.82, 2.24) is 10.2 Å². The second-order valence-electron chi connectivity index (χ2n) is 6.50. The summed E-state index contributed by atoms with van der Waals surface area (Å²) in [4.78, 5) is 25.8. The van der Waals surface area contributed by atoms with Crippen molar-refractivity contribution in [2.45, 2.75) is 65.2 Å². The molecule has 126 valence electrons. The van der Waals surface area contributed by atoms with Crippen LogP contribution < -0.4 is 10.6 Å². The van der Waals surface area contributed by atoms with Crippen LogP contribution in [0.2, 0.25) is 0 Å². The van der Waals surface area contributed by atoms with Crippen molar-refractivity contribution in [3.63, 3.8) is 0 Å². The minimum Gasteiger partial charge on any atom is -0.351 e. The van der Waals surface area contributed by atoms with Gasteiger partial charge in [0.25, 0.3) is 0 Å². The number of anilines is 1. The molecule has 0 saturated carbocycles. The van der Waals surface area contributed by atoms with Crippen LogP contribution in [-0.2, 0) is 16.1 Å². The number of carbonyl (C=O) groups is 2. The lowest BCUT2D eigenvalue weighted by Crippen LogP contribution is -2.48. The number of hydrogen-bond donors (Lipinski definition) is 2. The molecule has 2 rings (SSSR count). The summed E-state index contributed by atoms with van der Waals surface area (Å²) in [5, 5.41) is 5.76. The molecule has 0 bridgehead atoms. The lowest BCUT2D eigenvalue weighted by molar-refractivity contribution is -0.127. The van der Waals surface area contributed by atoms with Crippen molar-refractivity contribution >= 4 is 17.5 Å². The summed E-state index contributed by atoms with van der Waals surface area (Å²) < 4.78 is 0. The van der Waals surface area contributed by atoms with E-state index in [4.69, 9.17) is 0 Å². The highest BCUT2D eigenvalue weighted by Gasteiger charge is 2.34. The molecule has 2 N–H and O–H groups in total. The predicted octanol–water partition coefficient (Wildman–Crippen LogP) is 2.52. The molecular weight excluding hydrogens is 290 g/mol. The normalized spacial score (nSPS) is 22.6. The first-order valence-corrected chi connectivity index (χ1v) is 8.30. The Kier molecular flexibility index (Phi) is 5.77. The van der Waals surface area contributed by atoms with Gasteiger partial charge >= 0.3 is 0 Å². The van der Waals surface area contributed by atoms with Gasteiger partial charge in [0.1, 0.15) is 0 Å². The third-order valence-corrected chi connectivity index (χ3v) is 4.56. The largest absolute Gasteiger partial charge is 0.351 e. The van der Waals surface area contributed by atoms with Gasteiger partial charge in [-0.2, -0.15) is 0 Å². The minimum atomic E-state index is -0.124. The van der Waals surface area contributed by atoms with Crippen molar-refractivity contribution in [3.05, 3.63) is 29.8 Å². The molecule has 1 aliphatic rings. The van der Waals surface area contributed by atoms with Crippen LogP contribution in [0.4, 0.5) is 5.69 Å². The summed E-state index contributed by atoms with van der Waals surface area (Å²) in [6, 6.07) is 8.32. The van der Waals surface area contributed by atoms with Gasteiger partial charge in [-0.3, -0.25) is 14.5 Å². The molecule has 1 aromatic carbocycles. The Labute approximate surface area is 138 Å². The fourth-order valence-electron chi connectivity index (χ4n) is 3.41. The smallest absolute Gasteiger partial charge is 0.237 e. The zero-order chi connectivity index (χ0) is 17.0. The average molecular weight is 317 g/mol. The van der Waals surface area contributed by atoms with E-state index in [1.165, 1.54) is 6.92 Å². The van der Waals surface area contributed by atoms with E-state index in [0.29, 0.717) is 18.6 Å². The monoisotopic (exact) mass is 317 g/mol. The van der Waals surface area contributed by atoms with E-state index in [1.807, 2.05) is 31.2 Å². The summed E-state index contributed by atoms with van der Waals surface area (Å²) in [6.07, 6.45) is 2.30. The summed E-state index contributed by atoms with van der Waals surface area (Å²) >= 11 is 0. The third-order valence-electron chi connectivity index (χ3n) is 4.56. The molecule has 2 amide bonds. The molecule has 0 aliphatic carbocycles. The van der Waals surface area contributed by atoms with Gasteiger partial charge < -0.3 is 10.6 Å². The Morgan fingerprint density at radius 2 is 1.91 bits per heavy atom. The van der Waals surface area contributed by atoms with Crippen LogP contribution in [-0.4, -0.2) is 34.8 Å². The van der Waals surface area contributed by atoms with Crippen molar-refractivity contribution < 1.29 is 9.59 Å². The number of nitrogens with zero attached hydrogens (tertiary/aromatic N) is 1. The maximum absolute atomic E-state index is 12.4. The molecule has 0 aromatic heterocycles. The first-order chi connectivity index (χ1) is 10.9. The highest BCUT2D eigenvalue weighted by Crippen LogP contribution is 2.25. The molecule has 0 spiro atoms. The summed E-state index contributed by atoms with van der Waals surface area (Å²) in [7, 11) is 0. The highest BCUT2D eigenvalue weighted by atomic mass is 16.2. The molecule has 0 radical (unpaired) electrons. The third kappa shape index (κ3) is 4.55. The van der Waals surface area contributed by atoms with Gasteiger partial charge in [-0.15, -0.1) is 0 Å². The molecule has 3 atom stereocenters. The van der Waals surface area contributed by atoms with Gasteiger partial charge in [0.05, 0.1) is 6.04 Å². The molecule has 1 saturated heterocycles. The van der Waals surface area contributed by atoms with Crippen LogP contribution >= 0.6 is 0 Å². The molecule has 23 heavy (non-hydrogen) atoms. The standard InChI is InChI=1S/C18H27N3O2/c1-12-8-9-13(2)21(12)14(3)18(23)19-11-16-6-5-7-17(10-16)20-15(4)22/h5-7,10,12-14H,8-9,11H2,1-4H3,(H,19,23)(H,20,22)/t12-,13+,14-/m1/s1. The number of rotatable bonds is 5. The average Bonchev–Trinajstić information content (AvgIpc) is 2.83. The Hall–Kier alpha value is -1.88. The maximum atomic E-state index is 12.4. The molecule has 1 heterocycles. The van der Waals surface area contributed by atoms with Crippen LogP contribution in [0.15, 0.2) is 24.3 Å². The predicted molar refractivity (Wildman–Crippen MR) is 92.1 cm³/mol. The van der Waals surface area contributed by atoms with E-state index >= 15 is 0 Å². The molecule has 0 unspecified atom stereocenters. The number of benzene rings is 1. The first-order valence-electron chi connectivity index (χ1n) is 8.30. The van der Waals surface area contributed by atoms with Gasteiger partial charge in [-0.1, -0.05) is 12.1 Å². The summed E-state index contributed by atoms with van der Waals surface area (Å²) in [6.45, 7) is 8.29. The Morgan fingerprint density at radius 1 is 1.26 bits per heavy atom. The fourth-order valence-corrected chi connectivity index (χ4v) is 3.41. The second kappa shape index (κ2) is 7.59. The number of amides is 2. The van der Waals surface area contributed by atoms with E-state index < -0.39 is 0 Å². The van der Waals surface area contributed by atoms with Gasteiger partial charge in [-0.25, -0.2) is 0 Å². The Morgan fingerprint density at radius 3 is 2.52 bits per heavy atom. The number of likely N-dealkylation sites (tertiary alicyclic amines) is 1. The van der Waals surface area contributed by atoms with Gasteiger partial charge in [0.2, 0.25) is 11.8 Å². The number of nitrogens with one attached hydrogen (secondary N) is 2. The topological polar surface area (TPSA) is 61.4 Å². The number of hydrogen-bond acceptors (Lipinski definition) is 3. The first kappa shape index (κ1) is 17.5. The molecule has 5 heteroatoms. The van der Waals surface area contributed by atoms with Gasteiger partial charge in [-0.05, 0) is 51.3 Å². The molecule has 5 nitrogen and oxygen atoms in total. The van der Waals surface area contributed by atoms with E-state index in [-0.39, 0.29) is 17.9 Å². The molecule has 1 aromatic rings. The van der Waals surface area contributed by atoms with Crippen LogP contribution in [0.5, 0.6) is 0 Å².